The summed E-state index contributed by atoms with van der Waals surface area (Å²) in [7, 11) is 0. The van der Waals surface area contributed by atoms with E-state index in [1.807, 2.05) is 6.08 Å². The third kappa shape index (κ3) is 4.19. The predicted molar refractivity (Wildman–Crippen MR) is 71.5 cm³/mol. The second-order valence-electron chi connectivity index (χ2n) is 4.66. The van der Waals surface area contributed by atoms with Crippen LogP contribution in [0.3, 0.4) is 0 Å². The first kappa shape index (κ1) is 13.0. The summed E-state index contributed by atoms with van der Waals surface area (Å²) in [6.45, 7) is 11.4. The fourth-order valence-electron chi connectivity index (χ4n) is 1.77. The molecule has 0 radical (unpaired) electrons. The molecule has 2 atom stereocenters. The summed E-state index contributed by atoms with van der Waals surface area (Å²) in [5.74, 6) is 0.641. The van der Waals surface area contributed by atoms with Crippen molar-refractivity contribution >= 4 is 0 Å². The molecule has 0 fully saturated rings. The lowest BCUT2D eigenvalue weighted by atomic mass is 9.99. The third-order valence-corrected chi connectivity index (χ3v) is 3.10. The van der Waals surface area contributed by atoms with Gasteiger partial charge in [0.2, 0.25) is 0 Å². The van der Waals surface area contributed by atoms with E-state index < -0.39 is 0 Å². The normalized spacial score (nSPS) is 14.4. The molecular weight excluding hydrogens is 194 g/mol. The van der Waals surface area contributed by atoms with Crippen LogP contribution in [0.5, 0.6) is 0 Å². The molecule has 0 spiro atoms. The summed E-state index contributed by atoms with van der Waals surface area (Å²) in [6, 6.07) is 9.18. The molecule has 0 bridgehead atoms. The third-order valence-electron chi connectivity index (χ3n) is 3.10. The Labute approximate surface area is 99.6 Å². The van der Waals surface area contributed by atoms with E-state index in [9.17, 15) is 0 Å². The minimum Gasteiger partial charge on any atom is -0.310 e. The average molecular weight is 217 g/mol. The van der Waals surface area contributed by atoms with Gasteiger partial charge in [0.25, 0.3) is 0 Å². The van der Waals surface area contributed by atoms with E-state index >= 15 is 0 Å². The van der Waals surface area contributed by atoms with Gasteiger partial charge in [0, 0.05) is 12.6 Å². The van der Waals surface area contributed by atoms with Crippen molar-refractivity contribution in [1.82, 2.24) is 5.32 Å². The standard InChI is InChI=1S/C15H23N/c1-5-7-13(3)14(4)16-11-15-9-6-8-12(2)10-15/h5-6,8-10,13-14,16H,1,7,11H2,2-4H3. The van der Waals surface area contributed by atoms with Gasteiger partial charge >= 0.3 is 0 Å². The summed E-state index contributed by atoms with van der Waals surface area (Å²) >= 11 is 0. The van der Waals surface area contributed by atoms with Crippen molar-refractivity contribution in [2.75, 3.05) is 0 Å². The topological polar surface area (TPSA) is 12.0 Å². The summed E-state index contributed by atoms with van der Waals surface area (Å²) in [6.07, 6.45) is 3.07. The number of allylic oxidation sites excluding steroid dienone is 1. The molecule has 0 saturated carbocycles. The summed E-state index contributed by atoms with van der Waals surface area (Å²) in [5.41, 5.74) is 2.68. The average Bonchev–Trinajstić information content (AvgIpc) is 2.26. The van der Waals surface area contributed by atoms with Crippen molar-refractivity contribution in [3.05, 3.63) is 48.0 Å². The van der Waals surface area contributed by atoms with Gasteiger partial charge in [-0.3, -0.25) is 0 Å². The summed E-state index contributed by atoms with van der Waals surface area (Å²) in [4.78, 5) is 0. The Morgan fingerprint density at radius 3 is 2.75 bits per heavy atom. The van der Waals surface area contributed by atoms with Crippen molar-refractivity contribution in [3.8, 4) is 0 Å². The van der Waals surface area contributed by atoms with Gasteiger partial charge in [0.15, 0.2) is 0 Å². The largest absolute Gasteiger partial charge is 0.310 e. The molecule has 0 saturated heterocycles. The number of hydrogen-bond donors (Lipinski definition) is 1. The molecule has 1 aromatic rings. The molecule has 0 amide bonds. The molecule has 1 rings (SSSR count). The highest BCUT2D eigenvalue weighted by molar-refractivity contribution is 5.22. The first-order chi connectivity index (χ1) is 7.63. The lowest BCUT2D eigenvalue weighted by Gasteiger charge is -2.20. The maximum atomic E-state index is 3.79. The van der Waals surface area contributed by atoms with Gasteiger partial charge in [-0.2, -0.15) is 0 Å². The molecule has 0 aliphatic rings. The van der Waals surface area contributed by atoms with Crippen molar-refractivity contribution in [1.29, 1.82) is 0 Å². The second-order valence-corrected chi connectivity index (χ2v) is 4.66. The molecule has 0 heterocycles. The van der Waals surface area contributed by atoms with Crippen LogP contribution < -0.4 is 5.32 Å². The van der Waals surface area contributed by atoms with E-state index in [2.05, 4.69) is 56.9 Å². The number of nitrogens with one attached hydrogen (secondary N) is 1. The van der Waals surface area contributed by atoms with Crippen LogP contribution in [0.1, 0.15) is 31.4 Å². The first-order valence-corrected chi connectivity index (χ1v) is 6.03. The van der Waals surface area contributed by atoms with Gasteiger partial charge in [-0.1, -0.05) is 42.8 Å². The van der Waals surface area contributed by atoms with Crippen LogP contribution in [0.15, 0.2) is 36.9 Å². The van der Waals surface area contributed by atoms with Crippen LogP contribution in [-0.4, -0.2) is 6.04 Å². The van der Waals surface area contributed by atoms with E-state index in [4.69, 9.17) is 0 Å². The van der Waals surface area contributed by atoms with Gasteiger partial charge in [-0.25, -0.2) is 0 Å². The van der Waals surface area contributed by atoms with Crippen LogP contribution in [0, 0.1) is 12.8 Å². The summed E-state index contributed by atoms with van der Waals surface area (Å²) in [5, 5.41) is 3.56. The van der Waals surface area contributed by atoms with Crippen LogP contribution in [-0.2, 0) is 6.54 Å². The molecule has 1 aromatic carbocycles. The predicted octanol–water partition coefficient (Wildman–Crippen LogP) is 3.69. The molecule has 0 aromatic heterocycles. The molecule has 2 unspecified atom stereocenters. The Kier molecular flexibility index (Phi) is 5.27. The Bertz CT molecular complexity index is 330. The second kappa shape index (κ2) is 6.49. The van der Waals surface area contributed by atoms with Crippen LogP contribution in [0.4, 0.5) is 0 Å². The SMILES string of the molecule is C=CCC(C)C(C)NCc1cccc(C)c1. The minimum absolute atomic E-state index is 0.526. The monoisotopic (exact) mass is 217 g/mol. The Hall–Kier alpha value is -1.08. The van der Waals surface area contributed by atoms with Gasteiger partial charge in [0.05, 0.1) is 0 Å². The number of aryl methyl sites for hydroxylation is 1. The maximum absolute atomic E-state index is 3.79. The highest BCUT2D eigenvalue weighted by Gasteiger charge is 2.09. The molecule has 1 heteroatoms. The zero-order valence-electron chi connectivity index (χ0n) is 10.7. The Morgan fingerprint density at radius 2 is 2.12 bits per heavy atom. The molecule has 0 aliphatic heterocycles. The fourth-order valence-corrected chi connectivity index (χ4v) is 1.77. The highest BCUT2D eigenvalue weighted by Crippen LogP contribution is 2.10. The minimum atomic E-state index is 0.526. The van der Waals surface area contributed by atoms with Crippen LogP contribution in [0.2, 0.25) is 0 Å². The van der Waals surface area contributed by atoms with Crippen molar-refractivity contribution in [2.24, 2.45) is 5.92 Å². The zero-order valence-corrected chi connectivity index (χ0v) is 10.7. The Balaban J connectivity index is 2.42. The molecule has 0 aliphatic carbocycles. The lowest BCUT2D eigenvalue weighted by molar-refractivity contribution is 0.402. The van der Waals surface area contributed by atoms with E-state index in [1.54, 1.807) is 0 Å². The van der Waals surface area contributed by atoms with Gasteiger partial charge in [-0.05, 0) is 31.7 Å². The van der Waals surface area contributed by atoms with Gasteiger partial charge in [-0.15, -0.1) is 6.58 Å². The first-order valence-electron chi connectivity index (χ1n) is 6.03. The van der Waals surface area contributed by atoms with E-state index in [1.165, 1.54) is 11.1 Å². The fraction of sp³-hybridized carbons (Fsp3) is 0.467. The van der Waals surface area contributed by atoms with E-state index in [0.717, 1.165) is 13.0 Å². The van der Waals surface area contributed by atoms with Crippen LogP contribution in [0.25, 0.3) is 0 Å². The summed E-state index contributed by atoms with van der Waals surface area (Å²) < 4.78 is 0. The van der Waals surface area contributed by atoms with Crippen molar-refractivity contribution in [2.45, 2.75) is 39.8 Å². The quantitative estimate of drug-likeness (QED) is 0.717. The molecule has 16 heavy (non-hydrogen) atoms. The van der Waals surface area contributed by atoms with E-state index in [-0.39, 0.29) is 0 Å². The number of rotatable bonds is 6. The van der Waals surface area contributed by atoms with Crippen molar-refractivity contribution in [3.63, 3.8) is 0 Å². The van der Waals surface area contributed by atoms with E-state index in [0.29, 0.717) is 12.0 Å². The molecular formula is C15H23N. The smallest absolute Gasteiger partial charge is 0.0208 e. The molecule has 1 nitrogen and oxygen atoms in total. The number of hydrogen-bond acceptors (Lipinski definition) is 1. The zero-order chi connectivity index (χ0) is 12.0. The number of benzene rings is 1. The Morgan fingerprint density at radius 1 is 1.38 bits per heavy atom. The van der Waals surface area contributed by atoms with Crippen LogP contribution >= 0.6 is 0 Å². The maximum Gasteiger partial charge on any atom is 0.0208 e. The molecule has 88 valence electrons. The highest BCUT2D eigenvalue weighted by atomic mass is 14.9. The van der Waals surface area contributed by atoms with Gasteiger partial charge < -0.3 is 5.32 Å². The van der Waals surface area contributed by atoms with Gasteiger partial charge in [0.1, 0.15) is 0 Å². The van der Waals surface area contributed by atoms with Crippen molar-refractivity contribution < 1.29 is 0 Å². The molecule has 1 N–H and O–H groups in total. The lowest BCUT2D eigenvalue weighted by Crippen LogP contribution is -2.31.